The van der Waals surface area contributed by atoms with E-state index in [1.807, 2.05) is 0 Å². The highest BCUT2D eigenvalue weighted by molar-refractivity contribution is 5.84. The van der Waals surface area contributed by atoms with Crippen LogP contribution < -0.4 is 10.2 Å². The van der Waals surface area contributed by atoms with Crippen molar-refractivity contribution < 1.29 is 9.53 Å². The van der Waals surface area contributed by atoms with Crippen molar-refractivity contribution in [1.29, 1.82) is 0 Å². The third-order valence-corrected chi connectivity index (χ3v) is 8.41. The molecule has 0 saturated carbocycles. The van der Waals surface area contributed by atoms with Gasteiger partial charge in [0.2, 0.25) is 5.91 Å². The second-order valence-electron chi connectivity index (χ2n) is 10.1. The number of ether oxygens (including phenoxy) is 1. The summed E-state index contributed by atoms with van der Waals surface area (Å²) >= 11 is 0. The van der Waals surface area contributed by atoms with Crippen LogP contribution >= 0.6 is 0 Å². The molecule has 0 radical (unpaired) electrons. The number of nitrogens with zero attached hydrogens (tertiary/aromatic N) is 2. The topological polar surface area (TPSA) is 44.8 Å². The molecule has 4 atom stereocenters. The summed E-state index contributed by atoms with van der Waals surface area (Å²) in [5.74, 6) is 0.407. The van der Waals surface area contributed by atoms with E-state index in [-0.39, 0.29) is 17.2 Å². The number of benzene rings is 1. The number of aryl methyl sites for hydroxylation is 1. The average molecular weight is 412 g/mol. The zero-order valence-electron chi connectivity index (χ0n) is 18.7. The van der Waals surface area contributed by atoms with Gasteiger partial charge in [-0.15, -0.1) is 0 Å². The van der Waals surface area contributed by atoms with E-state index in [9.17, 15) is 4.79 Å². The van der Waals surface area contributed by atoms with Gasteiger partial charge in [0, 0.05) is 49.9 Å². The van der Waals surface area contributed by atoms with Crippen molar-refractivity contribution in [2.24, 2.45) is 5.41 Å². The zero-order valence-corrected chi connectivity index (χ0v) is 18.7. The minimum Gasteiger partial charge on any atom is -0.381 e. The molecule has 1 spiro atoms. The van der Waals surface area contributed by atoms with Gasteiger partial charge in [0.05, 0.1) is 12.0 Å². The van der Waals surface area contributed by atoms with Crippen LogP contribution in [0.25, 0.3) is 0 Å². The predicted octanol–water partition coefficient (Wildman–Crippen LogP) is 3.46. The van der Waals surface area contributed by atoms with Gasteiger partial charge in [0.15, 0.2) is 0 Å². The quantitative estimate of drug-likeness (QED) is 0.827. The molecular weight excluding hydrogens is 374 g/mol. The summed E-state index contributed by atoms with van der Waals surface area (Å²) in [6.07, 6.45) is 6.87. The summed E-state index contributed by atoms with van der Waals surface area (Å²) in [5, 5.41) is 3.15. The minimum absolute atomic E-state index is 0.164. The number of nitrogens with one attached hydrogen (secondary N) is 1. The molecule has 164 valence electrons. The monoisotopic (exact) mass is 411 g/mol. The fourth-order valence-electron chi connectivity index (χ4n) is 6.64. The Labute approximate surface area is 181 Å². The molecule has 0 aliphatic carbocycles. The van der Waals surface area contributed by atoms with Gasteiger partial charge in [-0.25, -0.2) is 0 Å². The molecule has 4 aliphatic rings. The van der Waals surface area contributed by atoms with Gasteiger partial charge in [-0.05, 0) is 82.2 Å². The number of likely N-dealkylation sites (tertiary alicyclic amines) is 1. The molecule has 4 fully saturated rings. The fourth-order valence-corrected chi connectivity index (χ4v) is 6.64. The summed E-state index contributed by atoms with van der Waals surface area (Å²) in [6.45, 7) is 10.3. The number of amides is 1. The van der Waals surface area contributed by atoms with E-state index in [2.05, 4.69) is 47.2 Å². The summed E-state index contributed by atoms with van der Waals surface area (Å²) in [7, 11) is 0. The summed E-state index contributed by atoms with van der Waals surface area (Å²) < 4.78 is 5.88. The highest BCUT2D eigenvalue weighted by Crippen LogP contribution is 2.48. The van der Waals surface area contributed by atoms with E-state index in [0.29, 0.717) is 19.3 Å². The highest BCUT2D eigenvalue weighted by Gasteiger charge is 2.49. The van der Waals surface area contributed by atoms with Gasteiger partial charge in [-0.3, -0.25) is 9.69 Å². The van der Waals surface area contributed by atoms with Crippen LogP contribution in [-0.2, 0) is 9.53 Å². The van der Waals surface area contributed by atoms with Crippen LogP contribution in [0.1, 0.15) is 62.5 Å². The number of piperidine rings is 1. The maximum absolute atomic E-state index is 13.0. The van der Waals surface area contributed by atoms with Crippen molar-refractivity contribution in [3.63, 3.8) is 0 Å². The Hall–Kier alpha value is -1.59. The third kappa shape index (κ3) is 3.44. The van der Waals surface area contributed by atoms with Crippen molar-refractivity contribution in [2.75, 3.05) is 44.3 Å². The molecule has 30 heavy (non-hydrogen) atoms. The molecule has 2 unspecified atom stereocenters. The number of hydrogen-bond donors (Lipinski definition) is 1. The van der Waals surface area contributed by atoms with Crippen molar-refractivity contribution in [2.45, 2.75) is 70.4 Å². The van der Waals surface area contributed by atoms with E-state index in [0.717, 1.165) is 44.9 Å². The lowest BCUT2D eigenvalue weighted by molar-refractivity contribution is -0.142. The second kappa shape index (κ2) is 8.16. The van der Waals surface area contributed by atoms with Crippen LogP contribution in [0.15, 0.2) is 18.2 Å². The van der Waals surface area contributed by atoms with E-state index in [1.165, 1.54) is 42.6 Å². The minimum atomic E-state index is -0.284. The van der Waals surface area contributed by atoms with E-state index in [4.69, 9.17) is 4.74 Å². The number of anilines is 1. The van der Waals surface area contributed by atoms with Crippen LogP contribution in [0.4, 0.5) is 5.69 Å². The third-order valence-electron chi connectivity index (χ3n) is 8.41. The summed E-state index contributed by atoms with van der Waals surface area (Å²) in [6, 6.07) is 8.38. The van der Waals surface area contributed by atoms with E-state index < -0.39 is 0 Å². The van der Waals surface area contributed by atoms with Crippen molar-refractivity contribution >= 4 is 11.6 Å². The number of carbonyl (C=O) groups is 1. The maximum atomic E-state index is 13.0. The van der Waals surface area contributed by atoms with Gasteiger partial charge >= 0.3 is 0 Å². The van der Waals surface area contributed by atoms with Gasteiger partial charge in [-0.2, -0.15) is 0 Å². The van der Waals surface area contributed by atoms with Crippen molar-refractivity contribution in [3.05, 3.63) is 29.3 Å². The number of carbonyl (C=O) groups excluding carboxylic acids is 1. The molecule has 4 saturated heterocycles. The largest absolute Gasteiger partial charge is 0.381 e. The normalized spacial score (nSPS) is 35.2. The highest BCUT2D eigenvalue weighted by atomic mass is 16.5. The van der Waals surface area contributed by atoms with Crippen LogP contribution in [0.2, 0.25) is 0 Å². The lowest BCUT2D eigenvalue weighted by atomic mass is 9.64. The smallest absolute Gasteiger partial charge is 0.227 e. The maximum Gasteiger partial charge on any atom is 0.227 e. The molecule has 5 heteroatoms. The average Bonchev–Trinajstić information content (AvgIpc) is 3.40. The lowest BCUT2D eigenvalue weighted by Gasteiger charge is -2.45. The van der Waals surface area contributed by atoms with Crippen molar-refractivity contribution in [1.82, 2.24) is 10.2 Å². The van der Waals surface area contributed by atoms with E-state index in [1.54, 1.807) is 0 Å². The first-order valence-electron chi connectivity index (χ1n) is 12.1. The van der Waals surface area contributed by atoms with E-state index >= 15 is 0 Å². The summed E-state index contributed by atoms with van der Waals surface area (Å²) in [5.41, 5.74) is 3.66. The van der Waals surface area contributed by atoms with Crippen LogP contribution in [-0.4, -0.2) is 62.3 Å². The Bertz CT molecular complexity index is 791. The molecular formula is C25H37N3O2. The van der Waals surface area contributed by atoms with Crippen LogP contribution in [0.3, 0.4) is 0 Å². The van der Waals surface area contributed by atoms with Gasteiger partial charge in [-0.1, -0.05) is 6.07 Å². The standard InChI is InChI=1S/C25H37N3O2/c1-18-15-20(27-13-8-21(16-27)28-12-3-5-19(28)2)6-7-22(18)23-17-30-14-10-25(23)9-4-11-26-24(25)29/h6-7,15,19,21,23H,3-5,8-14,16-17H2,1-2H3,(H,26,29)/t19-,21+,23?,25?/m0/s1. The first kappa shape index (κ1) is 20.3. The fraction of sp³-hybridized carbons (Fsp3) is 0.720. The molecule has 1 aromatic carbocycles. The van der Waals surface area contributed by atoms with Gasteiger partial charge in [0.1, 0.15) is 0 Å². The molecule has 4 heterocycles. The van der Waals surface area contributed by atoms with Crippen LogP contribution in [0.5, 0.6) is 0 Å². The molecule has 1 amide bonds. The molecule has 0 aromatic heterocycles. The first-order chi connectivity index (χ1) is 14.6. The molecule has 5 nitrogen and oxygen atoms in total. The number of hydrogen-bond acceptors (Lipinski definition) is 4. The molecule has 0 bridgehead atoms. The second-order valence-corrected chi connectivity index (χ2v) is 10.1. The first-order valence-corrected chi connectivity index (χ1v) is 12.1. The molecule has 5 rings (SSSR count). The molecule has 4 aliphatic heterocycles. The SMILES string of the molecule is Cc1cc(N2CC[C@@H](N3CCC[C@@H]3C)C2)ccc1C1COCCC12CCCNC2=O. The summed E-state index contributed by atoms with van der Waals surface area (Å²) in [4.78, 5) is 18.2. The Balaban J connectivity index is 1.35. The lowest BCUT2D eigenvalue weighted by Crippen LogP contribution is -2.52. The van der Waals surface area contributed by atoms with Gasteiger partial charge in [0.25, 0.3) is 0 Å². The molecule has 1 N–H and O–H groups in total. The number of rotatable bonds is 3. The Morgan fingerprint density at radius 2 is 2.07 bits per heavy atom. The zero-order chi connectivity index (χ0) is 20.7. The Kier molecular flexibility index (Phi) is 5.53. The van der Waals surface area contributed by atoms with Crippen LogP contribution in [0, 0.1) is 12.3 Å². The predicted molar refractivity (Wildman–Crippen MR) is 120 cm³/mol. The van der Waals surface area contributed by atoms with Crippen molar-refractivity contribution in [3.8, 4) is 0 Å². The Morgan fingerprint density at radius 1 is 1.17 bits per heavy atom. The molecule has 1 aromatic rings. The van der Waals surface area contributed by atoms with Gasteiger partial charge < -0.3 is 15.0 Å². The Morgan fingerprint density at radius 3 is 2.83 bits per heavy atom.